The average Bonchev–Trinajstić information content (AvgIpc) is 2.01. The normalized spacial score (nSPS) is 11.7. The third kappa shape index (κ3) is 1.84. The smallest absolute Gasteiger partial charge is 0.123 e. The van der Waals surface area contributed by atoms with Crippen LogP contribution in [0.4, 0.5) is 0 Å². The Kier molecular flexibility index (Phi) is 2.74. The minimum atomic E-state index is -0.193. The van der Waals surface area contributed by atoms with Crippen LogP contribution in [0.15, 0.2) is 12.1 Å². The summed E-state index contributed by atoms with van der Waals surface area (Å²) in [5.74, 6) is 0.378. The van der Waals surface area contributed by atoms with Crippen molar-refractivity contribution in [2.45, 2.75) is 39.5 Å². The van der Waals surface area contributed by atoms with Gasteiger partial charge in [0.15, 0.2) is 0 Å². The Morgan fingerprint density at radius 2 is 1.57 bits per heavy atom. The summed E-state index contributed by atoms with van der Waals surface area (Å²) in [6, 6.07) is 3.37. The molecule has 0 aromatic heterocycles. The van der Waals surface area contributed by atoms with Gasteiger partial charge >= 0.3 is 0 Å². The maximum atomic E-state index is 9.78. The lowest BCUT2D eigenvalue weighted by Gasteiger charge is -2.25. The van der Waals surface area contributed by atoms with Gasteiger partial charge < -0.3 is 10.2 Å². The van der Waals surface area contributed by atoms with Crippen LogP contribution >= 0.6 is 0 Å². The van der Waals surface area contributed by atoms with Gasteiger partial charge in [0, 0.05) is 5.56 Å². The van der Waals surface area contributed by atoms with Gasteiger partial charge in [-0.1, -0.05) is 20.8 Å². The van der Waals surface area contributed by atoms with Crippen molar-refractivity contribution in [1.82, 2.24) is 0 Å². The summed E-state index contributed by atoms with van der Waals surface area (Å²) in [5, 5.41) is 19.6. The van der Waals surface area contributed by atoms with Gasteiger partial charge in [-0.05, 0) is 36.5 Å². The molecule has 0 saturated carbocycles. The number of hydrogen-bond acceptors (Lipinski definition) is 2. The van der Waals surface area contributed by atoms with E-state index in [1.807, 2.05) is 27.7 Å². The predicted octanol–water partition coefficient (Wildman–Crippen LogP) is 3.09. The number of aryl methyl sites for hydroxylation is 1. The summed E-state index contributed by atoms with van der Waals surface area (Å²) in [6.07, 6.45) is 0.872. The number of phenolic OH excluding ortho intramolecular Hbond substituents is 2. The summed E-state index contributed by atoms with van der Waals surface area (Å²) in [5.41, 5.74) is 1.32. The van der Waals surface area contributed by atoms with Crippen molar-refractivity contribution in [2.75, 3.05) is 0 Å². The molecular formula is C12H18O2. The summed E-state index contributed by atoms with van der Waals surface area (Å²) < 4.78 is 0. The van der Waals surface area contributed by atoms with Crippen LogP contribution in [0.3, 0.4) is 0 Å². The van der Waals surface area contributed by atoms with Crippen LogP contribution in [0.1, 0.15) is 38.3 Å². The minimum Gasteiger partial charge on any atom is -0.507 e. The van der Waals surface area contributed by atoms with Crippen molar-refractivity contribution in [3.63, 3.8) is 0 Å². The zero-order valence-corrected chi connectivity index (χ0v) is 9.26. The highest BCUT2D eigenvalue weighted by Gasteiger charge is 2.25. The van der Waals surface area contributed by atoms with E-state index >= 15 is 0 Å². The number of hydrogen-bond donors (Lipinski definition) is 2. The van der Waals surface area contributed by atoms with E-state index in [4.69, 9.17) is 0 Å². The Morgan fingerprint density at radius 3 is 1.93 bits per heavy atom. The first-order valence-corrected chi connectivity index (χ1v) is 4.91. The summed E-state index contributed by atoms with van der Waals surface area (Å²) in [6.45, 7) is 7.91. The fourth-order valence-corrected chi connectivity index (χ4v) is 1.62. The van der Waals surface area contributed by atoms with Crippen molar-refractivity contribution < 1.29 is 10.2 Å². The van der Waals surface area contributed by atoms with Gasteiger partial charge in [0.05, 0.1) is 0 Å². The first-order chi connectivity index (χ1) is 6.38. The fourth-order valence-electron chi connectivity index (χ4n) is 1.62. The minimum absolute atomic E-state index is 0.189. The Hall–Kier alpha value is -1.18. The summed E-state index contributed by atoms with van der Waals surface area (Å²) in [7, 11) is 0. The molecule has 0 radical (unpaired) electrons. The summed E-state index contributed by atoms with van der Waals surface area (Å²) >= 11 is 0. The first kappa shape index (κ1) is 10.9. The first-order valence-electron chi connectivity index (χ1n) is 4.91. The molecule has 1 aromatic rings. The van der Waals surface area contributed by atoms with Crippen LogP contribution in [0.2, 0.25) is 0 Å². The standard InChI is InChI=1S/C12H18O2/c1-5-12(3,4)11-9(13)6-8(2)7-10(11)14/h6-7,13-14H,5H2,1-4H3. The lowest BCUT2D eigenvalue weighted by Crippen LogP contribution is -2.15. The van der Waals surface area contributed by atoms with Crippen LogP contribution < -0.4 is 0 Å². The molecule has 1 rings (SSSR count). The van der Waals surface area contributed by atoms with Gasteiger partial charge in [0.1, 0.15) is 11.5 Å². The maximum Gasteiger partial charge on any atom is 0.123 e. The summed E-state index contributed by atoms with van der Waals surface area (Å²) in [4.78, 5) is 0. The monoisotopic (exact) mass is 194 g/mol. The number of phenols is 2. The van der Waals surface area contributed by atoms with E-state index < -0.39 is 0 Å². The Bertz CT molecular complexity index is 317. The predicted molar refractivity (Wildman–Crippen MR) is 57.8 cm³/mol. The molecule has 0 aliphatic heterocycles. The molecule has 0 atom stereocenters. The second-order valence-electron chi connectivity index (χ2n) is 4.42. The zero-order chi connectivity index (χ0) is 10.9. The molecule has 2 heteroatoms. The molecule has 0 fully saturated rings. The molecule has 0 amide bonds. The van der Waals surface area contributed by atoms with Crippen LogP contribution in [-0.2, 0) is 5.41 Å². The quantitative estimate of drug-likeness (QED) is 0.759. The Balaban J connectivity index is 3.35. The molecule has 1 aromatic carbocycles. The van der Waals surface area contributed by atoms with E-state index in [1.165, 1.54) is 0 Å². The lowest BCUT2D eigenvalue weighted by molar-refractivity contribution is 0.393. The third-order valence-corrected chi connectivity index (χ3v) is 2.80. The zero-order valence-electron chi connectivity index (χ0n) is 9.26. The molecule has 0 aliphatic carbocycles. The number of rotatable bonds is 2. The molecule has 2 nitrogen and oxygen atoms in total. The molecule has 14 heavy (non-hydrogen) atoms. The van der Waals surface area contributed by atoms with E-state index in [9.17, 15) is 10.2 Å². The third-order valence-electron chi connectivity index (χ3n) is 2.80. The van der Waals surface area contributed by atoms with E-state index in [2.05, 4.69) is 0 Å². The van der Waals surface area contributed by atoms with Crippen molar-refractivity contribution in [3.8, 4) is 11.5 Å². The van der Waals surface area contributed by atoms with Gasteiger partial charge in [-0.3, -0.25) is 0 Å². The molecule has 0 spiro atoms. The highest BCUT2D eigenvalue weighted by molar-refractivity contribution is 5.50. The molecule has 78 valence electrons. The lowest BCUT2D eigenvalue weighted by atomic mass is 9.80. The molecular weight excluding hydrogens is 176 g/mol. The number of aromatic hydroxyl groups is 2. The number of benzene rings is 1. The SMILES string of the molecule is CCC(C)(C)c1c(O)cc(C)cc1O. The van der Waals surface area contributed by atoms with Crippen molar-refractivity contribution >= 4 is 0 Å². The Labute approximate surface area is 85.2 Å². The molecule has 0 unspecified atom stereocenters. The topological polar surface area (TPSA) is 40.5 Å². The van der Waals surface area contributed by atoms with Gasteiger partial charge in [-0.2, -0.15) is 0 Å². The van der Waals surface area contributed by atoms with E-state index in [1.54, 1.807) is 12.1 Å². The second-order valence-corrected chi connectivity index (χ2v) is 4.42. The molecule has 0 aliphatic rings. The van der Waals surface area contributed by atoms with Crippen molar-refractivity contribution in [1.29, 1.82) is 0 Å². The van der Waals surface area contributed by atoms with Crippen LogP contribution in [0.25, 0.3) is 0 Å². The Morgan fingerprint density at radius 1 is 1.14 bits per heavy atom. The van der Waals surface area contributed by atoms with Crippen molar-refractivity contribution in [2.24, 2.45) is 0 Å². The maximum absolute atomic E-state index is 9.78. The van der Waals surface area contributed by atoms with Crippen LogP contribution in [-0.4, -0.2) is 10.2 Å². The van der Waals surface area contributed by atoms with Crippen LogP contribution in [0.5, 0.6) is 11.5 Å². The van der Waals surface area contributed by atoms with E-state index in [0.29, 0.717) is 5.56 Å². The fraction of sp³-hybridized carbons (Fsp3) is 0.500. The van der Waals surface area contributed by atoms with Gasteiger partial charge in [-0.25, -0.2) is 0 Å². The van der Waals surface area contributed by atoms with Gasteiger partial charge in [0.2, 0.25) is 0 Å². The van der Waals surface area contributed by atoms with Crippen LogP contribution in [0, 0.1) is 6.92 Å². The molecule has 2 N–H and O–H groups in total. The highest BCUT2D eigenvalue weighted by Crippen LogP contribution is 2.40. The van der Waals surface area contributed by atoms with Gasteiger partial charge in [-0.15, -0.1) is 0 Å². The van der Waals surface area contributed by atoms with Gasteiger partial charge in [0.25, 0.3) is 0 Å². The van der Waals surface area contributed by atoms with E-state index in [0.717, 1.165) is 12.0 Å². The average molecular weight is 194 g/mol. The molecule has 0 heterocycles. The molecule has 0 bridgehead atoms. The molecule has 0 saturated heterocycles. The largest absolute Gasteiger partial charge is 0.507 e. The second kappa shape index (κ2) is 3.52. The van der Waals surface area contributed by atoms with Crippen molar-refractivity contribution in [3.05, 3.63) is 23.3 Å². The highest BCUT2D eigenvalue weighted by atomic mass is 16.3. The van der Waals surface area contributed by atoms with E-state index in [-0.39, 0.29) is 16.9 Å².